The molecule has 1 aromatic rings. The lowest BCUT2D eigenvalue weighted by Crippen LogP contribution is -2.37. The molecule has 27 heavy (non-hydrogen) atoms. The van der Waals surface area contributed by atoms with Gasteiger partial charge in [0.15, 0.2) is 11.5 Å². The number of halogens is 1. The molecular formula is C19H29ClN2O5. The summed E-state index contributed by atoms with van der Waals surface area (Å²) in [6, 6.07) is 5.27. The van der Waals surface area contributed by atoms with Gasteiger partial charge < -0.3 is 30.0 Å². The summed E-state index contributed by atoms with van der Waals surface area (Å²) in [6.07, 6.45) is 1.99. The van der Waals surface area contributed by atoms with Gasteiger partial charge in [0.25, 0.3) is 0 Å². The number of nitrogens with one attached hydrogen (secondary N) is 2. The molecule has 0 saturated carbocycles. The van der Waals surface area contributed by atoms with Crippen molar-refractivity contribution in [1.82, 2.24) is 10.6 Å². The van der Waals surface area contributed by atoms with Gasteiger partial charge in [-0.1, -0.05) is 6.92 Å². The van der Waals surface area contributed by atoms with Crippen molar-refractivity contribution in [2.75, 3.05) is 33.0 Å². The number of benzene rings is 1. The van der Waals surface area contributed by atoms with Crippen LogP contribution in [0, 0.1) is 11.8 Å². The van der Waals surface area contributed by atoms with Crippen molar-refractivity contribution in [2.24, 2.45) is 11.8 Å². The summed E-state index contributed by atoms with van der Waals surface area (Å²) in [5.74, 6) is 2.86. The minimum absolute atomic E-state index is 0. The molecule has 3 N–H and O–H groups in total. The summed E-state index contributed by atoms with van der Waals surface area (Å²) in [7, 11) is 0. The molecule has 7 nitrogen and oxygen atoms in total. The third-order valence-corrected chi connectivity index (χ3v) is 5.02. The lowest BCUT2D eigenvalue weighted by atomic mass is 9.84. The van der Waals surface area contributed by atoms with Crippen LogP contribution in [0.4, 0.5) is 0 Å². The number of hydrogen-bond acceptors (Lipinski definition) is 6. The van der Waals surface area contributed by atoms with E-state index in [1.54, 1.807) is 18.2 Å². The largest absolute Gasteiger partial charge is 0.491 e. The van der Waals surface area contributed by atoms with Gasteiger partial charge in [0.2, 0.25) is 12.7 Å². The second-order valence-electron chi connectivity index (χ2n) is 7.05. The second kappa shape index (κ2) is 10.6. The van der Waals surface area contributed by atoms with E-state index in [4.69, 9.17) is 14.2 Å². The average molecular weight is 401 g/mol. The van der Waals surface area contributed by atoms with Crippen LogP contribution in [0.1, 0.15) is 26.2 Å². The zero-order valence-electron chi connectivity index (χ0n) is 15.6. The fraction of sp³-hybridized carbons (Fsp3) is 0.632. The molecule has 1 fully saturated rings. The van der Waals surface area contributed by atoms with E-state index in [0.29, 0.717) is 35.5 Å². The highest BCUT2D eigenvalue weighted by Crippen LogP contribution is 2.35. The van der Waals surface area contributed by atoms with Gasteiger partial charge in [0.1, 0.15) is 18.5 Å². The molecule has 2 atom stereocenters. The Morgan fingerprint density at radius 1 is 1.33 bits per heavy atom. The number of rotatable bonds is 8. The van der Waals surface area contributed by atoms with Gasteiger partial charge in [-0.05, 0) is 49.9 Å². The van der Waals surface area contributed by atoms with E-state index in [1.165, 1.54) is 0 Å². The molecule has 1 aromatic carbocycles. The monoisotopic (exact) mass is 400 g/mol. The maximum Gasteiger partial charge on any atom is 0.231 e. The van der Waals surface area contributed by atoms with Crippen molar-refractivity contribution in [3.05, 3.63) is 18.2 Å². The number of ether oxygens (including phenoxy) is 3. The van der Waals surface area contributed by atoms with Crippen LogP contribution in [0.5, 0.6) is 17.2 Å². The highest BCUT2D eigenvalue weighted by Gasteiger charge is 2.22. The minimum atomic E-state index is -0.765. The Hall–Kier alpha value is -1.70. The first-order valence-electron chi connectivity index (χ1n) is 9.29. The Labute approximate surface area is 166 Å². The van der Waals surface area contributed by atoms with Gasteiger partial charge in [0, 0.05) is 19.0 Å². The van der Waals surface area contributed by atoms with Crippen molar-refractivity contribution in [2.45, 2.75) is 32.3 Å². The van der Waals surface area contributed by atoms with Crippen molar-refractivity contribution in [1.29, 1.82) is 0 Å². The van der Waals surface area contributed by atoms with Crippen LogP contribution >= 0.6 is 12.4 Å². The molecule has 8 heteroatoms. The third kappa shape index (κ3) is 6.45. The summed E-state index contributed by atoms with van der Waals surface area (Å²) in [4.78, 5) is 12.1. The Bertz CT molecular complexity index is 610. The van der Waals surface area contributed by atoms with Crippen LogP contribution in [0.3, 0.4) is 0 Å². The van der Waals surface area contributed by atoms with E-state index in [1.807, 2.05) is 0 Å². The second-order valence-corrected chi connectivity index (χ2v) is 7.05. The van der Waals surface area contributed by atoms with E-state index in [9.17, 15) is 9.90 Å². The standard InChI is InChI=1S/C19H28N2O5.ClH/c1-13(14-4-6-20-7-5-14)8-19(23)21-10-15(22)11-24-16-2-3-17-18(9-16)26-12-25-17;/h2-3,9,13-15,20,22H,4-8,10-12H2,1H3,(H,21,23);1H. The highest BCUT2D eigenvalue weighted by atomic mass is 35.5. The van der Waals surface area contributed by atoms with Crippen LogP contribution in [0.15, 0.2) is 18.2 Å². The first kappa shape index (κ1) is 21.6. The number of hydrogen-bond donors (Lipinski definition) is 3. The molecule has 2 unspecified atom stereocenters. The van der Waals surface area contributed by atoms with E-state index in [2.05, 4.69) is 17.6 Å². The SMILES string of the molecule is CC(CC(=O)NCC(O)COc1ccc2c(c1)OCO2)C1CCNCC1.Cl. The summed E-state index contributed by atoms with van der Waals surface area (Å²) < 4.78 is 16.1. The topological polar surface area (TPSA) is 89.1 Å². The lowest BCUT2D eigenvalue weighted by Gasteiger charge is -2.28. The normalized spacial score (nSPS) is 18.3. The molecule has 0 aromatic heterocycles. The Balaban J connectivity index is 0.00000261. The van der Waals surface area contributed by atoms with Gasteiger partial charge in [0.05, 0.1) is 0 Å². The molecule has 0 radical (unpaired) electrons. The van der Waals surface area contributed by atoms with Crippen molar-refractivity contribution in [3.8, 4) is 17.2 Å². The van der Waals surface area contributed by atoms with E-state index >= 15 is 0 Å². The lowest BCUT2D eigenvalue weighted by molar-refractivity contribution is -0.122. The molecule has 1 amide bonds. The maximum atomic E-state index is 12.1. The minimum Gasteiger partial charge on any atom is -0.491 e. The van der Waals surface area contributed by atoms with Gasteiger partial charge in [-0.25, -0.2) is 0 Å². The van der Waals surface area contributed by atoms with E-state index in [-0.39, 0.29) is 38.3 Å². The highest BCUT2D eigenvalue weighted by molar-refractivity contribution is 5.85. The quantitative estimate of drug-likeness (QED) is 0.615. The molecule has 3 rings (SSSR count). The third-order valence-electron chi connectivity index (χ3n) is 5.02. The Morgan fingerprint density at radius 3 is 2.85 bits per heavy atom. The molecule has 152 valence electrons. The number of aliphatic hydroxyl groups excluding tert-OH is 1. The summed E-state index contributed by atoms with van der Waals surface area (Å²) in [5.41, 5.74) is 0. The van der Waals surface area contributed by atoms with Crippen LogP contribution in [-0.2, 0) is 4.79 Å². The van der Waals surface area contributed by atoms with Crippen molar-refractivity contribution < 1.29 is 24.1 Å². The first-order chi connectivity index (χ1) is 12.6. The number of carbonyl (C=O) groups excluding carboxylic acids is 1. The number of aliphatic hydroxyl groups is 1. The summed E-state index contributed by atoms with van der Waals surface area (Å²) in [6.45, 7) is 4.70. The van der Waals surface area contributed by atoms with Crippen LogP contribution in [0.25, 0.3) is 0 Å². The van der Waals surface area contributed by atoms with Crippen LogP contribution in [-0.4, -0.2) is 50.2 Å². The predicted octanol–water partition coefficient (Wildman–Crippen LogP) is 1.72. The van der Waals surface area contributed by atoms with Gasteiger partial charge in [-0.15, -0.1) is 12.4 Å². The molecule has 2 heterocycles. The fourth-order valence-electron chi connectivity index (χ4n) is 3.39. The Kier molecular flexibility index (Phi) is 8.47. The molecule has 2 aliphatic heterocycles. The number of fused-ring (bicyclic) bond motifs is 1. The van der Waals surface area contributed by atoms with Crippen LogP contribution in [0.2, 0.25) is 0 Å². The smallest absolute Gasteiger partial charge is 0.231 e. The zero-order valence-corrected chi connectivity index (χ0v) is 16.4. The Morgan fingerprint density at radius 2 is 2.07 bits per heavy atom. The molecule has 2 aliphatic rings. The zero-order chi connectivity index (χ0) is 18.4. The molecule has 0 bridgehead atoms. The molecule has 0 spiro atoms. The van der Waals surface area contributed by atoms with Gasteiger partial charge in [-0.2, -0.15) is 0 Å². The van der Waals surface area contributed by atoms with Gasteiger partial charge >= 0.3 is 0 Å². The van der Waals surface area contributed by atoms with Crippen molar-refractivity contribution >= 4 is 18.3 Å². The van der Waals surface area contributed by atoms with Crippen LogP contribution < -0.4 is 24.8 Å². The fourth-order valence-corrected chi connectivity index (χ4v) is 3.39. The number of carbonyl (C=O) groups is 1. The summed E-state index contributed by atoms with van der Waals surface area (Å²) >= 11 is 0. The number of amides is 1. The maximum absolute atomic E-state index is 12.1. The molecule has 1 saturated heterocycles. The van der Waals surface area contributed by atoms with E-state index < -0.39 is 6.10 Å². The number of piperidine rings is 1. The summed E-state index contributed by atoms with van der Waals surface area (Å²) in [5, 5.41) is 16.2. The van der Waals surface area contributed by atoms with Gasteiger partial charge in [-0.3, -0.25) is 4.79 Å². The molecular weight excluding hydrogens is 372 g/mol. The molecule has 0 aliphatic carbocycles. The van der Waals surface area contributed by atoms with E-state index in [0.717, 1.165) is 25.9 Å². The first-order valence-corrected chi connectivity index (χ1v) is 9.29. The predicted molar refractivity (Wildman–Crippen MR) is 104 cm³/mol. The average Bonchev–Trinajstić information content (AvgIpc) is 3.13. The van der Waals surface area contributed by atoms with Crippen molar-refractivity contribution in [3.63, 3.8) is 0 Å².